The van der Waals surface area contributed by atoms with Crippen LogP contribution < -0.4 is 5.32 Å². The monoisotopic (exact) mass is 368 g/mol. The maximum Gasteiger partial charge on any atom is 0.292 e. The van der Waals surface area contributed by atoms with Crippen molar-refractivity contribution in [2.24, 2.45) is 0 Å². The van der Waals surface area contributed by atoms with Gasteiger partial charge in [0.25, 0.3) is 5.69 Å². The van der Waals surface area contributed by atoms with Gasteiger partial charge >= 0.3 is 0 Å². The molecule has 2 aliphatic heterocycles. The second kappa shape index (κ2) is 6.99. The van der Waals surface area contributed by atoms with E-state index < -0.39 is 14.9 Å². The zero-order valence-corrected chi connectivity index (χ0v) is 15.4. The van der Waals surface area contributed by atoms with Crippen LogP contribution in [0, 0.1) is 24.0 Å². The molecule has 1 N–H and O–H groups in total. The molecule has 1 aromatic rings. The quantitative estimate of drug-likeness (QED) is 0.626. The molecule has 1 unspecified atom stereocenters. The first kappa shape index (κ1) is 18.2. The third kappa shape index (κ3) is 3.41. The predicted octanol–water partition coefficient (Wildman–Crippen LogP) is 0.880. The lowest BCUT2D eigenvalue weighted by Gasteiger charge is -2.32. The van der Waals surface area contributed by atoms with Gasteiger partial charge in [-0.15, -0.1) is 0 Å². The molecule has 1 aromatic carbocycles. The van der Waals surface area contributed by atoms with Crippen molar-refractivity contribution in [2.45, 2.75) is 31.2 Å². The number of nitrogens with zero attached hydrogens (tertiary/aromatic N) is 3. The number of hydrogen-bond donors (Lipinski definition) is 1. The number of benzene rings is 1. The summed E-state index contributed by atoms with van der Waals surface area (Å²) < 4.78 is 27.7. The fourth-order valence-electron chi connectivity index (χ4n) is 3.73. The average molecular weight is 368 g/mol. The van der Waals surface area contributed by atoms with Crippen molar-refractivity contribution in [1.29, 1.82) is 0 Å². The first-order valence-corrected chi connectivity index (χ1v) is 9.96. The van der Waals surface area contributed by atoms with E-state index in [0.717, 1.165) is 32.6 Å². The summed E-state index contributed by atoms with van der Waals surface area (Å²) in [6.07, 6.45) is 0.762. The van der Waals surface area contributed by atoms with Crippen LogP contribution in [0.1, 0.15) is 17.5 Å². The molecule has 2 aliphatic rings. The Hall–Kier alpha value is -1.55. The highest BCUT2D eigenvalue weighted by Crippen LogP contribution is 2.34. The number of nitro benzene ring substituents is 1. The second-order valence-corrected chi connectivity index (χ2v) is 8.60. The summed E-state index contributed by atoms with van der Waals surface area (Å²) in [7, 11) is -3.89. The number of sulfonamides is 1. The van der Waals surface area contributed by atoms with Crippen molar-refractivity contribution in [1.82, 2.24) is 14.5 Å². The van der Waals surface area contributed by atoms with Crippen LogP contribution in [0.3, 0.4) is 0 Å². The van der Waals surface area contributed by atoms with Crippen LogP contribution in [0.25, 0.3) is 0 Å². The largest absolute Gasteiger partial charge is 0.314 e. The van der Waals surface area contributed by atoms with Crippen molar-refractivity contribution >= 4 is 15.7 Å². The molecule has 0 aliphatic carbocycles. The molecule has 0 spiro atoms. The molecule has 0 saturated carbocycles. The number of aryl methyl sites for hydroxylation is 2. The normalized spacial score (nSPS) is 23.0. The maximum atomic E-state index is 13.2. The molecule has 2 fully saturated rings. The van der Waals surface area contributed by atoms with Gasteiger partial charge in [-0.1, -0.05) is 12.1 Å². The number of nitrogens with one attached hydrogen (secondary N) is 1. The highest BCUT2D eigenvalue weighted by Gasteiger charge is 2.40. The Morgan fingerprint density at radius 2 is 1.80 bits per heavy atom. The van der Waals surface area contributed by atoms with Crippen LogP contribution in [0.4, 0.5) is 5.69 Å². The molecule has 2 heterocycles. The fourth-order valence-corrected chi connectivity index (χ4v) is 5.65. The van der Waals surface area contributed by atoms with Crippen LogP contribution in [0.15, 0.2) is 17.0 Å². The third-order valence-electron chi connectivity index (χ3n) is 5.10. The summed E-state index contributed by atoms with van der Waals surface area (Å²) in [6.45, 7) is 7.61. The van der Waals surface area contributed by atoms with Gasteiger partial charge in [-0.2, -0.15) is 4.31 Å². The van der Waals surface area contributed by atoms with Crippen LogP contribution in [0.2, 0.25) is 0 Å². The standard InChI is InChI=1S/C16H24N4O4S/c1-12-3-4-13(2)16(15(12)20(21)22)25(23,24)19-8-5-14(11-19)18-9-6-17-7-10-18/h3-4,14,17H,5-11H2,1-2H3. The molecule has 2 saturated heterocycles. The lowest BCUT2D eigenvalue weighted by Crippen LogP contribution is -2.49. The van der Waals surface area contributed by atoms with E-state index in [2.05, 4.69) is 10.2 Å². The van der Waals surface area contributed by atoms with Gasteiger partial charge < -0.3 is 5.32 Å². The molecular formula is C16H24N4O4S. The average Bonchev–Trinajstić information content (AvgIpc) is 3.08. The molecule has 0 aromatic heterocycles. The maximum absolute atomic E-state index is 13.2. The van der Waals surface area contributed by atoms with E-state index in [1.807, 2.05) is 0 Å². The molecule has 9 heteroatoms. The molecule has 1 atom stereocenters. The van der Waals surface area contributed by atoms with Gasteiger partial charge in [0.2, 0.25) is 10.0 Å². The van der Waals surface area contributed by atoms with Crippen LogP contribution >= 0.6 is 0 Å². The highest BCUT2D eigenvalue weighted by molar-refractivity contribution is 7.89. The first-order valence-electron chi connectivity index (χ1n) is 8.52. The zero-order valence-electron chi connectivity index (χ0n) is 14.6. The summed E-state index contributed by atoms with van der Waals surface area (Å²) >= 11 is 0. The second-order valence-electron chi connectivity index (χ2n) is 6.73. The van der Waals surface area contributed by atoms with E-state index >= 15 is 0 Å². The lowest BCUT2D eigenvalue weighted by molar-refractivity contribution is -0.388. The Morgan fingerprint density at radius 1 is 1.16 bits per heavy atom. The van der Waals surface area contributed by atoms with E-state index in [9.17, 15) is 18.5 Å². The SMILES string of the molecule is Cc1ccc(C)c(S(=O)(=O)N2CCC(N3CCNCC3)C2)c1[N+](=O)[O-]. The van der Waals surface area contributed by atoms with Gasteiger partial charge in [-0.3, -0.25) is 15.0 Å². The number of piperazine rings is 1. The molecule has 25 heavy (non-hydrogen) atoms. The molecule has 8 nitrogen and oxygen atoms in total. The molecule has 138 valence electrons. The van der Waals surface area contributed by atoms with Crippen LogP contribution in [-0.2, 0) is 10.0 Å². The molecule has 0 amide bonds. The van der Waals surface area contributed by atoms with Crippen molar-refractivity contribution < 1.29 is 13.3 Å². The summed E-state index contributed by atoms with van der Waals surface area (Å²) in [5.74, 6) is 0. The fraction of sp³-hybridized carbons (Fsp3) is 0.625. The Morgan fingerprint density at radius 3 is 2.44 bits per heavy atom. The Labute approximate surface area is 148 Å². The van der Waals surface area contributed by atoms with E-state index in [1.165, 1.54) is 4.31 Å². The highest BCUT2D eigenvalue weighted by atomic mass is 32.2. The Bertz CT molecular complexity index is 775. The van der Waals surface area contributed by atoms with Gasteiger partial charge in [0.15, 0.2) is 4.90 Å². The van der Waals surface area contributed by atoms with Crippen LogP contribution in [-0.4, -0.2) is 67.9 Å². The van der Waals surface area contributed by atoms with Crippen molar-refractivity contribution in [3.05, 3.63) is 33.4 Å². The predicted molar refractivity (Wildman–Crippen MR) is 94.2 cm³/mol. The van der Waals surface area contributed by atoms with Crippen LogP contribution in [0.5, 0.6) is 0 Å². The van der Waals surface area contributed by atoms with Gasteiger partial charge in [0.05, 0.1) is 4.92 Å². The minimum Gasteiger partial charge on any atom is -0.314 e. The molecular weight excluding hydrogens is 344 g/mol. The van der Waals surface area contributed by atoms with Gasteiger partial charge in [-0.05, 0) is 25.8 Å². The van der Waals surface area contributed by atoms with E-state index in [1.54, 1.807) is 26.0 Å². The summed E-state index contributed by atoms with van der Waals surface area (Å²) in [5.41, 5.74) is 0.487. The molecule has 0 bridgehead atoms. The van der Waals surface area contributed by atoms with E-state index in [-0.39, 0.29) is 16.6 Å². The van der Waals surface area contributed by atoms with Crippen molar-refractivity contribution in [3.8, 4) is 0 Å². The number of hydrogen-bond acceptors (Lipinski definition) is 6. The minimum absolute atomic E-state index is 0.154. The van der Waals surface area contributed by atoms with E-state index in [4.69, 9.17) is 0 Å². The lowest BCUT2D eigenvalue weighted by atomic mass is 10.1. The minimum atomic E-state index is -3.89. The topological polar surface area (TPSA) is 95.8 Å². The van der Waals surface area contributed by atoms with Crippen molar-refractivity contribution in [2.75, 3.05) is 39.3 Å². The van der Waals surface area contributed by atoms with Gasteiger partial charge in [-0.25, -0.2) is 8.42 Å². The third-order valence-corrected chi connectivity index (χ3v) is 7.15. The van der Waals surface area contributed by atoms with E-state index in [0.29, 0.717) is 24.2 Å². The molecule has 3 rings (SSSR count). The van der Waals surface area contributed by atoms with Gasteiger partial charge in [0.1, 0.15) is 0 Å². The summed E-state index contributed by atoms with van der Waals surface area (Å²) in [5, 5.41) is 14.8. The Balaban J connectivity index is 1.90. The van der Waals surface area contributed by atoms with Gasteiger partial charge in [0, 0.05) is 50.9 Å². The summed E-state index contributed by atoms with van der Waals surface area (Å²) in [4.78, 5) is 13.0. The zero-order chi connectivity index (χ0) is 18.2. The Kier molecular flexibility index (Phi) is 5.10. The summed E-state index contributed by atoms with van der Waals surface area (Å²) in [6, 6.07) is 3.42. The smallest absolute Gasteiger partial charge is 0.292 e. The molecule has 0 radical (unpaired) electrons. The number of nitro groups is 1. The van der Waals surface area contributed by atoms with Crippen molar-refractivity contribution in [3.63, 3.8) is 0 Å². The first-order chi connectivity index (χ1) is 11.8. The number of rotatable bonds is 4.